The minimum atomic E-state index is 0.739. The molecule has 0 fully saturated rings. The number of aromatic nitrogens is 1. The van der Waals surface area contributed by atoms with Gasteiger partial charge in [-0.05, 0) is 73.6 Å². The summed E-state index contributed by atoms with van der Waals surface area (Å²) in [6.45, 7) is 2.92. The Balaban J connectivity index is 1.59. The molecule has 0 saturated heterocycles. The summed E-state index contributed by atoms with van der Waals surface area (Å²) in [6, 6.07) is 21.3. The van der Waals surface area contributed by atoms with Crippen molar-refractivity contribution in [3.8, 4) is 20.9 Å². The van der Waals surface area contributed by atoms with Crippen molar-refractivity contribution >= 4 is 29.4 Å². The van der Waals surface area contributed by atoms with Gasteiger partial charge < -0.3 is 4.90 Å². The zero-order chi connectivity index (χ0) is 22.5. The topological polar surface area (TPSA) is 33.2 Å². The van der Waals surface area contributed by atoms with Gasteiger partial charge in [0.25, 0.3) is 0 Å². The van der Waals surface area contributed by atoms with E-state index in [1.54, 1.807) is 23.1 Å². The molecule has 0 unspecified atom stereocenters. The summed E-state index contributed by atoms with van der Waals surface area (Å²) in [5.74, 6) is 0. The predicted molar refractivity (Wildman–Crippen MR) is 136 cm³/mol. The van der Waals surface area contributed by atoms with Crippen LogP contribution >= 0.6 is 23.1 Å². The van der Waals surface area contributed by atoms with Crippen LogP contribution in [-0.4, -0.2) is 30.3 Å². The van der Waals surface area contributed by atoms with E-state index < -0.39 is 0 Å². The molecule has 0 aliphatic heterocycles. The summed E-state index contributed by atoms with van der Waals surface area (Å²) in [5.41, 5.74) is 5.40. The standard InChI is InChI=1S/C27H26N2OS2/c1-4-19-6-5-7-24(12-19)31-25-14-22(15-28-16-25)27-11-10-26(32-27)20-8-9-21(18-30)23(13-20)17-29(2)3/h5-16,18H,4,17H2,1-3H3. The number of nitrogens with zero attached hydrogens (tertiary/aromatic N) is 2. The maximum absolute atomic E-state index is 11.4. The van der Waals surface area contributed by atoms with Crippen molar-refractivity contribution in [1.82, 2.24) is 9.88 Å². The van der Waals surface area contributed by atoms with Crippen molar-refractivity contribution in [2.75, 3.05) is 14.1 Å². The fraction of sp³-hybridized carbons (Fsp3) is 0.185. The second-order valence-electron chi connectivity index (χ2n) is 7.95. The summed E-state index contributed by atoms with van der Waals surface area (Å²) >= 11 is 3.50. The van der Waals surface area contributed by atoms with Crippen LogP contribution in [0.1, 0.15) is 28.4 Å². The maximum Gasteiger partial charge on any atom is 0.150 e. The Labute approximate surface area is 198 Å². The van der Waals surface area contributed by atoms with E-state index in [2.05, 4.69) is 65.3 Å². The van der Waals surface area contributed by atoms with Crippen LogP contribution in [0, 0.1) is 0 Å². The highest BCUT2D eigenvalue weighted by molar-refractivity contribution is 7.99. The smallest absolute Gasteiger partial charge is 0.150 e. The van der Waals surface area contributed by atoms with Gasteiger partial charge in [0.1, 0.15) is 6.29 Å². The largest absolute Gasteiger partial charge is 0.305 e. The first kappa shape index (κ1) is 22.5. The van der Waals surface area contributed by atoms with Crippen LogP contribution in [0.15, 0.2) is 82.8 Å². The fourth-order valence-electron chi connectivity index (χ4n) is 3.57. The Kier molecular flexibility index (Phi) is 7.20. The summed E-state index contributed by atoms with van der Waals surface area (Å²) < 4.78 is 0. The Morgan fingerprint density at radius 3 is 2.50 bits per heavy atom. The number of carbonyl (C=O) groups excluding carboxylic acids is 1. The van der Waals surface area contributed by atoms with Gasteiger partial charge in [-0.3, -0.25) is 9.78 Å². The van der Waals surface area contributed by atoms with Gasteiger partial charge >= 0.3 is 0 Å². The van der Waals surface area contributed by atoms with Gasteiger partial charge in [0.15, 0.2) is 0 Å². The van der Waals surface area contributed by atoms with Crippen molar-refractivity contribution in [3.05, 3.63) is 89.7 Å². The molecule has 0 aliphatic rings. The molecule has 0 spiro atoms. The molecular weight excluding hydrogens is 432 g/mol. The van der Waals surface area contributed by atoms with Crippen LogP contribution in [0.25, 0.3) is 20.9 Å². The van der Waals surface area contributed by atoms with Crippen molar-refractivity contribution in [3.63, 3.8) is 0 Å². The van der Waals surface area contributed by atoms with Crippen molar-refractivity contribution in [2.45, 2.75) is 29.7 Å². The van der Waals surface area contributed by atoms with Crippen LogP contribution in [0.4, 0.5) is 0 Å². The van der Waals surface area contributed by atoms with Gasteiger partial charge in [0.2, 0.25) is 0 Å². The lowest BCUT2D eigenvalue weighted by Crippen LogP contribution is -2.12. The lowest BCUT2D eigenvalue weighted by Gasteiger charge is -2.12. The van der Waals surface area contributed by atoms with Crippen molar-refractivity contribution < 1.29 is 4.79 Å². The zero-order valence-corrected chi connectivity index (χ0v) is 20.2. The first-order valence-corrected chi connectivity index (χ1v) is 12.2. The third kappa shape index (κ3) is 5.36. The predicted octanol–water partition coefficient (Wildman–Crippen LogP) is 7.06. The molecule has 2 heterocycles. The number of rotatable bonds is 8. The highest BCUT2D eigenvalue weighted by atomic mass is 32.2. The molecule has 4 rings (SSSR count). The van der Waals surface area contributed by atoms with Crippen LogP contribution in [0.3, 0.4) is 0 Å². The first-order valence-electron chi connectivity index (χ1n) is 10.6. The highest BCUT2D eigenvalue weighted by Gasteiger charge is 2.10. The number of hydrogen-bond acceptors (Lipinski definition) is 5. The van der Waals surface area contributed by atoms with E-state index in [0.717, 1.165) is 46.4 Å². The Hall–Kier alpha value is -2.73. The average Bonchev–Trinajstić information content (AvgIpc) is 3.29. The fourth-order valence-corrected chi connectivity index (χ4v) is 5.49. The Morgan fingerprint density at radius 2 is 1.75 bits per heavy atom. The number of aryl methyl sites for hydroxylation is 1. The van der Waals surface area contributed by atoms with Gasteiger partial charge in [-0.2, -0.15) is 0 Å². The molecule has 0 radical (unpaired) electrons. The van der Waals surface area contributed by atoms with Crippen LogP contribution in [0.5, 0.6) is 0 Å². The normalized spacial score (nSPS) is 11.1. The molecule has 32 heavy (non-hydrogen) atoms. The molecule has 2 aromatic heterocycles. The van der Waals surface area contributed by atoms with Crippen LogP contribution < -0.4 is 0 Å². The van der Waals surface area contributed by atoms with Gasteiger partial charge in [-0.15, -0.1) is 11.3 Å². The zero-order valence-electron chi connectivity index (χ0n) is 18.5. The molecule has 0 saturated carbocycles. The molecule has 0 aliphatic carbocycles. The molecule has 3 nitrogen and oxygen atoms in total. The molecule has 5 heteroatoms. The van der Waals surface area contributed by atoms with Gasteiger partial charge in [-0.1, -0.05) is 43.0 Å². The van der Waals surface area contributed by atoms with E-state index in [-0.39, 0.29) is 0 Å². The molecule has 2 aromatic carbocycles. The Morgan fingerprint density at radius 1 is 0.938 bits per heavy atom. The second-order valence-corrected chi connectivity index (χ2v) is 10.2. The third-order valence-electron chi connectivity index (χ3n) is 5.19. The molecular formula is C27H26N2OS2. The summed E-state index contributed by atoms with van der Waals surface area (Å²) in [4.78, 5) is 22.7. The Bertz CT molecular complexity index is 1230. The SMILES string of the molecule is CCc1cccc(Sc2cncc(-c3ccc(-c4ccc(C=O)c(CN(C)C)c4)s3)c2)c1. The molecule has 162 valence electrons. The van der Waals surface area contributed by atoms with E-state index in [4.69, 9.17) is 0 Å². The van der Waals surface area contributed by atoms with E-state index in [9.17, 15) is 4.79 Å². The van der Waals surface area contributed by atoms with Gasteiger partial charge in [-0.25, -0.2) is 0 Å². The number of carbonyl (C=O) groups is 1. The van der Waals surface area contributed by atoms with Gasteiger partial charge in [0, 0.05) is 49.6 Å². The number of aldehydes is 1. The summed E-state index contributed by atoms with van der Waals surface area (Å²) in [7, 11) is 4.03. The lowest BCUT2D eigenvalue weighted by molar-refractivity contribution is 0.112. The number of thiophene rings is 1. The number of benzene rings is 2. The van der Waals surface area contributed by atoms with Crippen LogP contribution in [-0.2, 0) is 13.0 Å². The maximum atomic E-state index is 11.4. The molecule has 0 bridgehead atoms. The monoisotopic (exact) mass is 458 g/mol. The van der Waals surface area contributed by atoms with Crippen molar-refractivity contribution in [2.24, 2.45) is 0 Å². The second kappa shape index (κ2) is 10.3. The number of hydrogen-bond donors (Lipinski definition) is 0. The van der Waals surface area contributed by atoms with E-state index in [0.29, 0.717) is 0 Å². The average molecular weight is 459 g/mol. The first-order chi connectivity index (χ1) is 15.6. The molecule has 0 N–H and O–H groups in total. The summed E-state index contributed by atoms with van der Waals surface area (Å²) in [5, 5.41) is 0. The minimum absolute atomic E-state index is 0.739. The van der Waals surface area contributed by atoms with E-state index in [1.165, 1.54) is 20.2 Å². The summed E-state index contributed by atoms with van der Waals surface area (Å²) in [6.07, 6.45) is 5.82. The van der Waals surface area contributed by atoms with Crippen LogP contribution in [0.2, 0.25) is 0 Å². The quantitative estimate of drug-likeness (QED) is 0.265. The lowest BCUT2D eigenvalue weighted by atomic mass is 10.0. The van der Waals surface area contributed by atoms with Crippen molar-refractivity contribution in [1.29, 1.82) is 0 Å². The van der Waals surface area contributed by atoms with E-state index in [1.807, 2.05) is 38.6 Å². The minimum Gasteiger partial charge on any atom is -0.305 e. The van der Waals surface area contributed by atoms with Gasteiger partial charge in [0.05, 0.1) is 0 Å². The number of pyridine rings is 1. The highest BCUT2D eigenvalue weighted by Crippen LogP contribution is 2.37. The third-order valence-corrected chi connectivity index (χ3v) is 7.32. The molecule has 0 atom stereocenters. The molecule has 4 aromatic rings. The molecule has 0 amide bonds. The van der Waals surface area contributed by atoms with E-state index >= 15 is 0 Å².